The van der Waals surface area contributed by atoms with Gasteiger partial charge in [0.25, 0.3) is 5.56 Å². The van der Waals surface area contributed by atoms with Crippen molar-refractivity contribution in [2.75, 3.05) is 26.2 Å². The van der Waals surface area contributed by atoms with Gasteiger partial charge in [-0.05, 0) is 43.5 Å². The number of nitrogens with zero attached hydrogens (tertiary/aromatic N) is 4. The summed E-state index contributed by atoms with van der Waals surface area (Å²) in [6.07, 6.45) is 5.32. The van der Waals surface area contributed by atoms with E-state index in [1.807, 2.05) is 0 Å². The van der Waals surface area contributed by atoms with Gasteiger partial charge in [0.1, 0.15) is 11.6 Å². The molecule has 1 fully saturated rings. The Bertz CT molecular complexity index is 1300. The summed E-state index contributed by atoms with van der Waals surface area (Å²) in [4.78, 5) is 23.2. The van der Waals surface area contributed by atoms with E-state index >= 15 is 0 Å². The van der Waals surface area contributed by atoms with Gasteiger partial charge in [-0.15, -0.1) is 0 Å². The summed E-state index contributed by atoms with van der Waals surface area (Å²) in [7, 11) is 0. The first-order valence-electron chi connectivity index (χ1n) is 12.0. The summed E-state index contributed by atoms with van der Waals surface area (Å²) >= 11 is 0. The first kappa shape index (κ1) is 21.6. The highest BCUT2D eigenvalue weighted by Crippen LogP contribution is 2.34. The Morgan fingerprint density at radius 1 is 1.24 bits per heavy atom. The number of pyridine rings is 3. The molecule has 178 valence electrons. The molecule has 1 unspecified atom stereocenters. The van der Waals surface area contributed by atoms with Crippen molar-refractivity contribution >= 4 is 11.0 Å². The number of aliphatic hydroxyl groups is 1. The van der Waals surface area contributed by atoms with Crippen LogP contribution in [0.25, 0.3) is 11.0 Å². The Morgan fingerprint density at radius 2 is 2.15 bits per heavy atom. The Morgan fingerprint density at radius 3 is 3.03 bits per heavy atom. The van der Waals surface area contributed by atoms with Crippen LogP contribution in [0.3, 0.4) is 0 Å². The van der Waals surface area contributed by atoms with E-state index in [9.17, 15) is 14.3 Å². The number of piperidine rings is 1. The molecular weight excluding hydrogens is 437 g/mol. The van der Waals surface area contributed by atoms with Gasteiger partial charge in [0.05, 0.1) is 41.8 Å². The average molecular weight is 466 g/mol. The van der Waals surface area contributed by atoms with E-state index in [0.717, 1.165) is 43.9 Å². The number of aliphatic hydroxyl groups excluding tert-OH is 1. The lowest BCUT2D eigenvalue weighted by atomic mass is 9.97. The molecule has 3 aliphatic rings. The predicted molar refractivity (Wildman–Crippen MR) is 124 cm³/mol. The molecule has 0 amide bonds. The third-order valence-electron chi connectivity index (χ3n) is 7.35. The molecule has 1 saturated heterocycles. The number of rotatable bonds is 5. The molecule has 3 atom stereocenters. The number of nitrogens with one attached hydrogen (secondary N) is 1. The zero-order chi connectivity index (χ0) is 23.2. The molecule has 0 aromatic carbocycles. The standard InChI is InChI=1S/C25H28FN5O3/c26-18-10-29-20-3-4-23(33)31-13-16(24(18)25(20)31)12-30-6-5-19(21(32)14-30)28-9-17-8-15-2-1-7-34-22(15)11-27-17/h3-4,8,10-11,16,19,21,28,32H,1-2,5-7,9,12-14H2/t16?,19-,21+/m1/s1. The molecular formula is C25H28FN5O3. The molecule has 0 saturated carbocycles. The highest BCUT2D eigenvalue weighted by Gasteiger charge is 2.34. The van der Waals surface area contributed by atoms with E-state index in [1.54, 1.807) is 16.8 Å². The van der Waals surface area contributed by atoms with Crippen LogP contribution in [0.2, 0.25) is 0 Å². The van der Waals surface area contributed by atoms with Gasteiger partial charge in [0.2, 0.25) is 0 Å². The number of likely N-dealkylation sites (tertiary alicyclic amines) is 1. The molecule has 6 heterocycles. The van der Waals surface area contributed by atoms with Gasteiger partial charge in [0, 0.05) is 49.8 Å². The van der Waals surface area contributed by atoms with Crippen molar-refractivity contribution in [2.24, 2.45) is 0 Å². The summed E-state index contributed by atoms with van der Waals surface area (Å²) in [5.74, 6) is 0.371. The lowest BCUT2D eigenvalue weighted by Gasteiger charge is -2.37. The Kier molecular flexibility index (Phi) is 5.55. The minimum atomic E-state index is -0.538. The monoisotopic (exact) mass is 465 g/mol. The van der Waals surface area contributed by atoms with Gasteiger partial charge >= 0.3 is 0 Å². The Labute approximate surface area is 196 Å². The lowest BCUT2D eigenvalue weighted by molar-refractivity contribution is 0.0367. The van der Waals surface area contributed by atoms with Gasteiger partial charge < -0.3 is 19.7 Å². The van der Waals surface area contributed by atoms with E-state index in [2.05, 4.69) is 26.3 Å². The van der Waals surface area contributed by atoms with E-state index in [1.165, 1.54) is 17.8 Å². The van der Waals surface area contributed by atoms with Crippen molar-refractivity contribution in [3.8, 4) is 5.75 Å². The maximum Gasteiger partial charge on any atom is 0.251 e. The molecule has 3 aromatic heterocycles. The Balaban J connectivity index is 1.09. The summed E-state index contributed by atoms with van der Waals surface area (Å²) in [5.41, 5.74) is 3.84. The molecule has 8 nitrogen and oxygen atoms in total. The van der Waals surface area contributed by atoms with Crippen LogP contribution in [-0.4, -0.2) is 62.9 Å². The fourth-order valence-electron chi connectivity index (χ4n) is 5.64. The fourth-order valence-corrected chi connectivity index (χ4v) is 5.64. The second-order valence-corrected chi connectivity index (χ2v) is 9.57. The number of β-amino-alcohol motifs (C(OH)–C–C–N with tert-alkyl or cyclic N) is 1. The molecule has 2 N–H and O–H groups in total. The zero-order valence-corrected chi connectivity index (χ0v) is 18.9. The molecule has 3 aliphatic heterocycles. The van der Waals surface area contributed by atoms with Crippen molar-refractivity contribution in [3.05, 3.63) is 63.6 Å². The molecule has 9 heteroatoms. The molecule has 3 aromatic rings. The summed E-state index contributed by atoms with van der Waals surface area (Å²) in [6.45, 7) is 3.66. The minimum absolute atomic E-state index is 0.0295. The SMILES string of the molecule is O=c1ccc2ncc(F)c3c2n1CC3CN1CC[C@@H](NCc2cc3c(cn2)OCCC3)[C@@H](O)C1. The van der Waals surface area contributed by atoms with Crippen molar-refractivity contribution in [1.82, 2.24) is 24.8 Å². The molecule has 0 radical (unpaired) electrons. The van der Waals surface area contributed by atoms with Gasteiger partial charge in [-0.2, -0.15) is 0 Å². The quantitative estimate of drug-likeness (QED) is 0.591. The third kappa shape index (κ3) is 3.87. The van der Waals surface area contributed by atoms with Gasteiger partial charge in [-0.25, -0.2) is 4.39 Å². The van der Waals surface area contributed by atoms with Gasteiger partial charge in [0.15, 0.2) is 0 Å². The van der Waals surface area contributed by atoms with Crippen LogP contribution in [0, 0.1) is 5.82 Å². The normalized spacial score (nSPS) is 24.2. The number of halogens is 1. The lowest BCUT2D eigenvalue weighted by Crippen LogP contribution is -2.53. The zero-order valence-electron chi connectivity index (χ0n) is 18.9. The summed E-state index contributed by atoms with van der Waals surface area (Å²) in [6, 6.07) is 5.21. The van der Waals surface area contributed by atoms with Crippen molar-refractivity contribution in [2.45, 2.75) is 50.4 Å². The first-order chi connectivity index (χ1) is 16.6. The van der Waals surface area contributed by atoms with Crippen LogP contribution in [-0.2, 0) is 19.5 Å². The van der Waals surface area contributed by atoms with E-state index in [4.69, 9.17) is 4.74 Å². The van der Waals surface area contributed by atoms with Crippen LogP contribution < -0.4 is 15.6 Å². The van der Waals surface area contributed by atoms with E-state index in [-0.39, 0.29) is 23.3 Å². The van der Waals surface area contributed by atoms with Crippen LogP contribution in [0.15, 0.2) is 35.4 Å². The number of fused-ring (bicyclic) bond motifs is 1. The average Bonchev–Trinajstić information content (AvgIpc) is 3.23. The van der Waals surface area contributed by atoms with Crippen LogP contribution in [0.4, 0.5) is 4.39 Å². The molecule has 0 aliphatic carbocycles. The maximum atomic E-state index is 14.7. The van der Waals surface area contributed by atoms with Crippen LogP contribution >= 0.6 is 0 Å². The smallest absolute Gasteiger partial charge is 0.251 e. The molecule has 0 spiro atoms. The molecule has 0 bridgehead atoms. The number of aromatic nitrogens is 3. The highest BCUT2D eigenvalue weighted by atomic mass is 19.1. The predicted octanol–water partition coefficient (Wildman–Crippen LogP) is 1.58. The second kappa shape index (κ2) is 8.72. The van der Waals surface area contributed by atoms with Gasteiger partial charge in [-0.3, -0.25) is 19.7 Å². The Hall–Kier alpha value is -2.88. The summed E-state index contributed by atoms with van der Waals surface area (Å²) < 4.78 is 22.0. The largest absolute Gasteiger partial charge is 0.492 e. The third-order valence-corrected chi connectivity index (χ3v) is 7.35. The minimum Gasteiger partial charge on any atom is -0.492 e. The van der Waals surface area contributed by atoms with Crippen LogP contribution in [0.1, 0.15) is 35.6 Å². The van der Waals surface area contributed by atoms with Crippen molar-refractivity contribution in [1.29, 1.82) is 0 Å². The van der Waals surface area contributed by atoms with Gasteiger partial charge in [-0.1, -0.05) is 0 Å². The molecule has 6 rings (SSSR count). The van der Waals surface area contributed by atoms with E-state index in [0.29, 0.717) is 42.8 Å². The number of aryl methyl sites for hydroxylation is 1. The molecule has 34 heavy (non-hydrogen) atoms. The number of hydrogen-bond acceptors (Lipinski definition) is 7. The second-order valence-electron chi connectivity index (χ2n) is 9.57. The maximum absolute atomic E-state index is 14.7. The van der Waals surface area contributed by atoms with Crippen LogP contribution in [0.5, 0.6) is 5.75 Å². The number of hydrogen-bond donors (Lipinski definition) is 2. The fraction of sp³-hybridized carbons (Fsp3) is 0.480. The number of ether oxygens (including phenoxy) is 1. The topological polar surface area (TPSA) is 92.5 Å². The highest BCUT2D eigenvalue weighted by molar-refractivity contribution is 5.80. The van der Waals surface area contributed by atoms with Crippen molar-refractivity contribution < 1.29 is 14.2 Å². The summed E-state index contributed by atoms with van der Waals surface area (Å²) in [5, 5.41) is 14.3. The van der Waals surface area contributed by atoms with Crippen molar-refractivity contribution in [3.63, 3.8) is 0 Å². The first-order valence-corrected chi connectivity index (χ1v) is 12.0. The van der Waals surface area contributed by atoms with E-state index < -0.39 is 6.10 Å².